The second-order valence-corrected chi connectivity index (χ2v) is 5.47. The zero-order chi connectivity index (χ0) is 20.1. The number of benzene rings is 2. The van der Waals surface area contributed by atoms with Gasteiger partial charge in [-0.2, -0.15) is 4.68 Å². The average molecular weight is 383 g/mol. The van der Waals surface area contributed by atoms with Crippen molar-refractivity contribution >= 4 is 23.6 Å². The number of ether oxygens (including phenoxy) is 1. The standard InChI is InChI=1S/C17H13N5O6/c23-16(24)14-15(18-17(25)28-10-11-5-2-1-3-6-11)21(20-19-14)12-7-4-8-13(9-12)22(26)27/h1-9H,10H2,(H,18,25)(H,23,24). The summed E-state index contributed by atoms with van der Waals surface area (Å²) in [7, 11) is 0. The lowest BCUT2D eigenvalue weighted by Crippen LogP contribution is -2.18. The molecule has 142 valence electrons. The molecular weight excluding hydrogens is 370 g/mol. The van der Waals surface area contributed by atoms with Crippen LogP contribution < -0.4 is 5.32 Å². The van der Waals surface area contributed by atoms with Gasteiger partial charge in [0.05, 0.1) is 10.6 Å². The van der Waals surface area contributed by atoms with Crippen LogP contribution >= 0.6 is 0 Å². The lowest BCUT2D eigenvalue weighted by molar-refractivity contribution is -0.384. The Kier molecular flexibility index (Phi) is 5.25. The van der Waals surface area contributed by atoms with E-state index in [2.05, 4.69) is 15.6 Å². The van der Waals surface area contributed by atoms with Crippen LogP contribution in [-0.4, -0.2) is 37.1 Å². The van der Waals surface area contributed by atoms with Gasteiger partial charge in [0.25, 0.3) is 5.69 Å². The Balaban J connectivity index is 1.86. The lowest BCUT2D eigenvalue weighted by Gasteiger charge is -2.09. The van der Waals surface area contributed by atoms with Gasteiger partial charge in [-0.05, 0) is 11.6 Å². The third-order valence-corrected chi connectivity index (χ3v) is 3.59. The quantitative estimate of drug-likeness (QED) is 0.487. The fourth-order valence-electron chi connectivity index (χ4n) is 2.31. The third-order valence-electron chi connectivity index (χ3n) is 3.59. The first kappa shape index (κ1) is 18.5. The number of carbonyl (C=O) groups is 2. The topological polar surface area (TPSA) is 149 Å². The highest BCUT2D eigenvalue weighted by atomic mass is 16.6. The van der Waals surface area contributed by atoms with E-state index in [1.807, 2.05) is 6.07 Å². The number of carboxylic acid groups (broad SMARTS) is 1. The van der Waals surface area contributed by atoms with Gasteiger partial charge in [-0.15, -0.1) is 5.10 Å². The number of aromatic nitrogens is 3. The summed E-state index contributed by atoms with van der Waals surface area (Å²) in [4.78, 5) is 33.8. The summed E-state index contributed by atoms with van der Waals surface area (Å²) in [6, 6.07) is 14.2. The third kappa shape index (κ3) is 4.09. The molecule has 0 fully saturated rings. The highest BCUT2D eigenvalue weighted by Crippen LogP contribution is 2.22. The Hall–Kier alpha value is -4.28. The van der Waals surface area contributed by atoms with Crippen LogP contribution in [0, 0.1) is 10.1 Å². The van der Waals surface area contributed by atoms with Gasteiger partial charge >= 0.3 is 12.1 Å². The molecule has 1 amide bonds. The number of aromatic carboxylic acids is 1. The van der Waals surface area contributed by atoms with Gasteiger partial charge in [-0.3, -0.25) is 15.4 Å². The van der Waals surface area contributed by atoms with Crippen molar-refractivity contribution in [2.45, 2.75) is 6.61 Å². The van der Waals surface area contributed by atoms with Gasteiger partial charge in [-0.25, -0.2) is 9.59 Å². The van der Waals surface area contributed by atoms with Gasteiger partial charge in [0, 0.05) is 12.1 Å². The van der Waals surface area contributed by atoms with Crippen molar-refractivity contribution < 1.29 is 24.4 Å². The molecule has 0 atom stereocenters. The Morgan fingerprint density at radius 2 is 1.93 bits per heavy atom. The zero-order valence-electron chi connectivity index (χ0n) is 14.2. The zero-order valence-corrected chi connectivity index (χ0v) is 14.2. The van der Waals surface area contributed by atoms with Gasteiger partial charge in [-0.1, -0.05) is 41.6 Å². The average Bonchev–Trinajstić information content (AvgIpc) is 3.11. The van der Waals surface area contributed by atoms with Crippen LogP contribution in [0.15, 0.2) is 54.6 Å². The monoisotopic (exact) mass is 383 g/mol. The first-order valence-electron chi connectivity index (χ1n) is 7.87. The molecule has 11 heteroatoms. The maximum absolute atomic E-state index is 12.1. The number of nitro groups is 1. The molecular formula is C17H13N5O6. The first-order chi connectivity index (χ1) is 13.5. The van der Waals surface area contributed by atoms with Crippen LogP contribution in [0.4, 0.5) is 16.3 Å². The normalized spacial score (nSPS) is 10.3. The van der Waals surface area contributed by atoms with Gasteiger partial charge in [0.15, 0.2) is 5.82 Å². The molecule has 28 heavy (non-hydrogen) atoms. The smallest absolute Gasteiger partial charge is 0.413 e. The number of anilines is 1. The van der Waals surface area contributed by atoms with E-state index in [4.69, 9.17) is 4.74 Å². The molecule has 0 saturated carbocycles. The molecule has 0 aliphatic rings. The molecule has 2 N–H and O–H groups in total. The van der Waals surface area contributed by atoms with E-state index in [-0.39, 0.29) is 23.8 Å². The summed E-state index contributed by atoms with van der Waals surface area (Å²) in [5, 5.41) is 29.7. The molecule has 1 heterocycles. The van der Waals surface area contributed by atoms with Crippen LogP contribution in [0.5, 0.6) is 0 Å². The van der Waals surface area contributed by atoms with E-state index in [1.54, 1.807) is 24.3 Å². The second-order valence-electron chi connectivity index (χ2n) is 5.47. The Bertz CT molecular complexity index is 1030. The van der Waals surface area contributed by atoms with Crippen molar-refractivity contribution in [3.05, 3.63) is 76.0 Å². The maximum Gasteiger partial charge on any atom is 0.413 e. The largest absolute Gasteiger partial charge is 0.476 e. The molecule has 0 aliphatic carbocycles. The molecule has 2 aromatic carbocycles. The van der Waals surface area contributed by atoms with Crippen LogP contribution in [0.2, 0.25) is 0 Å². The Morgan fingerprint density at radius 1 is 1.18 bits per heavy atom. The van der Waals surface area contributed by atoms with E-state index in [0.717, 1.165) is 10.2 Å². The number of nitrogens with zero attached hydrogens (tertiary/aromatic N) is 4. The van der Waals surface area contributed by atoms with E-state index in [0.29, 0.717) is 0 Å². The van der Waals surface area contributed by atoms with Gasteiger partial charge in [0.2, 0.25) is 5.69 Å². The summed E-state index contributed by atoms with van der Waals surface area (Å²) in [5.74, 6) is -1.72. The van der Waals surface area contributed by atoms with Crippen molar-refractivity contribution in [1.29, 1.82) is 0 Å². The fraction of sp³-hybridized carbons (Fsp3) is 0.0588. The predicted molar refractivity (Wildman–Crippen MR) is 95.2 cm³/mol. The molecule has 1 aromatic heterocycles. The number of carboxylic acids is 1. The summed E-state index contributed by atoms with van der Waals surface area (Å²) in [6.45, 7) is -0.0343. The molecule has 0 spiro atoms. The summed E-state index contributed by atoms with van der Waals surface area (Å²) in [6.07, 6.45) is -0.930. The summed E-state index contributed by atoms with van der Waals surface area (Å²) >= 11 is 0. The number of nitrogens with one attached hydrogen (secondary N) is 1. The minimum absolute atomic E-state index is 0.0343. The lowest BCUT2D eigenvalue weighted by atomic mass is 10.2. The maximum atomic E-state index is 12.1. The minimum atomic E-state index is -1.44. The van der Waals surface area contributed by atoms with Crippen LogP contribution in [0.1, 0.15) is 16.1 Å². The van der Waals surface area contributed by atoms with Crippen molar-refractivity contribution in [3.63, 3.8) is 0 Å². The van der Waals surface area contributed by atoms with Crippen LogP contribution in [-0.2, 0) is 11.3 Å². The molecule has 11 nitrogen and oxygen atoms in total. The Labute approximate surface area is 157 Å². The number of amides is 1. The van der Waals surface area contributed by atoms with Crippen LogP contribution in [0.25, 0.3) is 5.69 Å². The van der Waals surface area contributed by atoms with E-state index < -0.39 is 22.7 Å². The number of hydrogen-bond donors (Lipinski definition) is 2. The van der Waals surface area contributed by atoms with Crippen molar-refractivity contribution in [2.24, 2.45) is 0 Å². The molecule has 3 aromatic rings. The van der Waals surface area contributed by atoms with Gasteiger partial charge < -0.3 is 9.84 Å². The van der Waals surface area contributed by atoms with Crippen molar-refractivity contribution in [1.82, 2.24) is 15.0 Å². The fourth-order valence-corrected chi connectivity index (χ4v) is 2.31. The Morgan fingerprint density at radius 3 is 2.61 bits per heavy atom. The number of rotatable bonds is 6. The minimum Gasteiger partial charge on any atom is -0.476 e. The molecule has 0 radical (unpaired) electrons. The van der Waals surface area contributed by atoms with E-state index >= 15 is 0 Å². The second kappa shape index (κ2) is 7.95. The number of nitro benzene ring substituents is 1. The number of hydrogen-bond acceptors (Lipinski definition) is 7. The highest BCUT2D eigenvalue weighted by Gasteiger charge is 2.23. The molecule has 0 aliphatic heterocycles. The molecule has 0 saturated heterocycles. The molecule has 0 bridgehead atoms. The summed E-state index contributed by atoms with van der Waals surface area (Å²) < 4.78 is 6.04. The first-order valence-corrected chi connectivity index (χ1v) is 7.87. The highest BCUT2D eigenvalue weighted by molar-refractivity contribution is 5.96. The van der Waals surface area contributed by atoms with Crippen LogP contribution in [0.3, 0.4) is 0 Å². The van der Waals surface area contributed by atoms with Crippen molar-refractivity contribution in [2.75, 3.05) is 5.32 Å². The number of carbonyl (C=O) groups excluding carboxylic acids is 1. The van der Waals surface area contributed by atoms with E-state index in [9.17, 15) is 24.8 Å². The SMILES string of the molecule is O=C(Nc1c(C(=O)O)nnn1-c1cccc([N+](=O)[O-])c1)OCc1ccccc1. The number of non-ortho nitro benzene ring substituents is 1. The van der Waals surface area contributed by atoms with Gasteiger partial charge in [0.1, 0.15) is 6.61 Å². The van der Waals surface area contributed by atoms with E-state index in [1.165, 1.54) is 24.3 Å². The molecule has 0 unspecified atom stereocenters. The van der Waals surface area contributed by atoms with Crippen molar-refractivity contribution in [3.8, 4) is 5.69 Å². The predicted octanol–water partition coefficient (Wildman–Crippen LogP) is 2.62. The summed E-state index contributed by atoms with van der Waals surface area (Å²) in [5.41, 5.74) is 0.111. The molecule has 3 rings (SSSR count).